The third-order valence-corrected chi connectivity index (χ3v) is 4.05. The molecule has 0 aliphatic carbocycles. The molecule has 1 N–H and O–H groups in total. The van der Waals surface area contributed by atoms with Crippen molar-refractivity contribution in [2.45, 2.75) is 6.04 Å². The quantitative estimate of drug-likeness (QED) is 0.771. The number of hydrogen-bond donors (Lipinski definition) is 1. The van der Waals surface area contributed by atoms with Crippen molar-refractivity contribution >= 4 is 17.5 Å². The van der Waals surface area contributed by atoms with Crippen molar-refractivity contribution in [3.8, 4) is 0 Å². The largest absolute Gasteiger partial charge is 0.472 e. The SMILES string of the molecule is O=C(c1ccoc1)N1CCOC[C@@H]1c1nccc(Nc2ccccn2)n1. The fourth-order valence-electron chi connectivity index (χ4n) is 2.78. The van der Waals surface area contributed by atoms with Gasteiger partial charge in [-0.2, -0.15) is 0 Å². The van der Waals surface area contributed by atoms with E-state index >= 15 is 0 Å². The van der Waals surface area contributed by atoms with Crippen molar-refractivity contribution in [3.05, 3.63) is 66.6 Å². The highest BCUT2D eigenvalue weighted by molar-refractivity contribution is 5.94. The van der Waals surface area contributed by atoms with E-state index in [4.69, 9.17) is 9.15 Å². The fraction of sp³-hybridized carbons (Fsp3) is 0.222. The molecule has 1 saturated heterocycles. The zero-order valence-corrected chi connectivity index (χ0v) is 13.9. The van der Waals surface area contributed by atoms with Crippen LogP contribution in [0.4, 0.5) is 11.6 Å². The van der Waals surface area contributed by atoms with Crippen molar-refractivity contribution in [1.29, 1.82) is 0 Å². The molecule has 26 heavy (non-hydrogen) atoms. The Labute approximate surface area is 149 Å². The van der Waals surface area contributed by atoms with Gasteiger partial charge in [-0.15, -0.1) is 0 Å². The van der Waals surface area contributed by atoms with Gasteiger partial charge < -0.3 is 19.4 Å². The third kappa shape index (κ3) is 3.40. The number of hydrogen-bond acceptors (Lipinski definition) is 7. The second-order valence-electron chi connectivity index (χ2n) is 5.74. The van der Waals surface area contributed by atoms with E-state index in [-0.39, 0.29) is 11.9 Å². The standard InChI is InChI=1S/C18H17N5O3/c24-18(13-5-9-25-11-13)23-8-10-26-12-14(23)17-20-7-4-16(22-17)21-15-3-1-2-6-19-15/h1-7,9,11,14H,8,10,12H2,(H,19,20,21,22)/t14-/m1/s1. The van der Waals surface area contributed by atoms with Crippen molar-refractivity contribution in [2.24, 2.45) is 0 Å². The summed E-state index contributed by atoms with van der Waals surface area (Å²) in [6.45, 7) is 1.29. The summed E-state index contributed by atoms with van der Waals surface area (Å²) in [5.41, 5.74) is 0.500. The van der Waals surface area contributed by atoms with Gasteiger partial charge in [0.1, 0.15) is 23.9 Å². The van der Waals surface area contributed by atoms with Crippen LogP contribution >= 0.6 is 0 Å². The van der Waals surface area contributed by atoms with Gasteiger partial charge in [0.05, 0.1) is 25.0 Å². The smallest absolute Gasteiger partial charge is 0.257 e. The predicted octanol–water partition coefficient (Wildman–Crippen LogP) is 2.42. The third-order valence-electron chi connectivity index (χ3n) is 4.05. The summed E-state index contributed by atoms with van der Waals surface area (Å²) >= 11 is 0. The van der Waals surface area contributed by atoms with Gasteiger partial charge in [0.25, 0.3) is 5.91 Å². The van der Waals surface area contributed by atoms with Crippen LogP contribution in [0, 0.1) is 0 Å². The van der Waals surface area contributed by atoms with E-state index in [9.17, 15) is 4.79 Å². The number of amides is 1. The van der Waals surface area contributed by atoms with Gasteiger partial charge in [0.2, 0.25) is 0 Å². The first-order valence-corrected chi connectivity index (χ1v) is 8.23. The molecule has 0 bridgehead atoms. The van der Waals surface area contributed by atoms with Crippen molar-refractivity contribution in [3.63, 3.8) is 0 Å². The average Bonchev–Trinajstić information content (AvgIpc) is 3.23. The Morgan fingerprint density at radius 3 is 2.92 bits per heavy atom. The lowest BCUT2D eigenvalue weighted by atomic mass is 10.1. The molecular weight excluding hydrogens is 334 g/mol. The molecule has 8 heteroatoms. The summed E-state index contributed by atoms with van der Waals surface area (Å²) in [5.74, 6) is 1.68. The molecule has 0 radical (unpaired) electrons. The molecule has 132 valence electrons. The number of anilines is 2. The van der Waals surface area contributed by atoms with E-state index in [0.29, 0.717) is 42.8 Å². The lowest BCUT2D eigenvalue weighted by Gasteiger charge is -2.34. The van der Waals surface area contributed by atoms with E-state index < -0.39 is 0 Å². The Bertz CT molecular complexity index is 870. The predicted molar refractivity (Wildman–Crippen MR) is 92.9 cm³/mol. The number of nitrogens with one attached hydrogen (secondary N) is 1. The van der Waals surface area contributed by atoms with Crippen LogP contribution in [0.3, 0.4) is 0 Å². The summed E-state index contributed by atoms with van der Waals surface area (Å²) in [7, 11) is 0. The topological polar surface area (TPSA) is 93.4 Å². The minimum absolute atomic E-state index is 0.126. The van der Waals surface area contributed by atoms with Gasteiger partial charge in [0.15, 0.2) is 5.82 Å². The van der Waals surface area contributed by atoms with E-state index in [2.05, 4.69) is 20.3 Å². The number of carbonyl (C=O) groups excluding carboxylic acids is 1. The number of aromatic nitrogens is 3. The molecule has 1 aliphatic heterocycles. The molecule has 0 saturated carbocycles. The highest BCUT2D eigenvalue weighted by Crippen LogP contribution is 2.25. The first-order valence-electron chi connectivity index (χ1n) is 8.23. The van der Waals surface area contributed by atoms with Gasteiger partial charge in [-0.05, 0) is 24.3 Å². The molecule has 0 spiro atoms. The normalized spacial score (nSPS) is 17.1. The van der Waals surface area contributed by atoms with E-state index in [1.54, 1.807) is 29.4 Å². The zero-order valence-electron chi connectivity index (χ0n) is 13.9. The number of pyridine rings is 1. The van der Waals surface area contributed by atoms with Gasteiger partial charge in [-0.3, -0.25) is 4.79 Å². The van der Waals surface area contributed by atoms with E-state index in [0.717, 1.165) is 0 Å². The maximum absolute atomic E-state index is 12.7. The molecule has 8 nitrogen and oxygen atoms in total. The molecule has 4 heterocycles. The summed E-state index contributed by atoms with van der Waals surface area (Å²) < 4.78 is 10.6. The molecule has 1 fully saturated rings. The highest BCUT2D eigenvalue weighted by atomic mass is 16.5. The van der Waals surface area contributed by atoms with Crippen molar-refractivity contribution in [2.75, 3.05) is 25.1 Å². The molecule has 4 rings (SSSR count). The van der Waals surface area contributed by atoms with Crippen molar-refractivity contribution in [1.82, 2.24) is 19.9 Å². The lowest BCUT2D eigenvalue weighted by molar-refractivity contribution is -0.00522. The summed E-state index contributed by atoms with van der Waals surface area (Å²) in [6, 6.07) is 8.61. The van der Waals surface area contributed by atoms with Crippen molar-refractivity contribution < 1.29 is 13.9 Å². The summed E-state index contributed by atoms with van der Waals surface area (Å²) in [6.07, 6.45) is 6.28. The average molecular weight is 351 g/mol. The zero-order chi connectivity index (χ0) is 17.8. The van der Waals surface area contributed by atoms with Crippen LogP contribution in [0.2, 0.25) is 0 Å². The van der Waals surface area contributed by atoms with Gasteiger partial charge in [-0.25, -0.2) is 15.0 Å². The minimum Gasteiger partial charge on any atom is -0.472 e. The molecule has 3 aromatic rings. The van der Waals surface area contributed by atoms with Crippen LogP contribution in [0.1, 0.15) is 22.2 Å². The highest BCUT2D eigenvalue weighted by Gasteiger charge is 2.31. The van der Waals surface area contributed by atoms with Crippen LogP contribution in [0.15, 0.2) is 59.7 Å². The van der Waals surface area contributed by atoms with Crippen LogP contribution in [-0.4, -0.2) is 45.5 Å². The molecule has 0 aromatic carbocycles. The Balaban J connectivity index is 1.58. The van der Waals surface area contributed by atoms with Crippen LogP contribution in [0.5, 0.6) is 0 Å². The Morgan fingerprint density at radius 1 is 1.15 bits per heavy atom. The number of ether oxygens (including phenoxy) is 1. The first kappa shape index (κ1) is 16.2. The maximum Gasteiger partial charge on any atom is 0.257 e. The maximum atomic E-state index is 12.7. The molecule has 0 unspecified atom stereocenters. The first-order chi connectivity index (χ1) is 12.8. The number of rotatable bonds is 4. The fourth-order valence-corrected chi connectivity index (χ4v) is 2.78. The molecule has 1 atom stereocenters. The Hall–Kier alpha value is -3.26. The van der Waals surface area contributed by atoms with Gasteiger partial charge >= 0.3 is 0 Å². The Kier molecular flexibility index (Phi) is 4.57. The van der Waals surface area contributed by atoms with Crippen LogP contribution < -0.4 is 5.32 Å². The number of furan rings is 1. The molecular formula is C18H17N5O3. The molecule has 1 aliphatic rings. The second-order valence-corrected chi connectivity index (χ2v) is 5.74. The monoisotopic (exact) mass is 351 g/mol. The number of morpholine rings is 1. The van der Waals surface area contributed by atoms with Crippen LogP contribution in [0.25, 0.3) is 0 Å². The van der Waals surface area contributed by atoms with Gasteiger partial charge in [0, 0.05) is 18.9 Å². The van der Waals surface area contributed by atoms with E-state index in [1.807, 2.05) is 18.2 Å². The van der Waals surface area contributed by atoms with Gasteiger partial charge in [-0.1, -0.05) is 6.07 Å². The molecule has 1 amide bonds. The second kappa shape index (κ2) is 7.32. The number of nitrogens with zero attached hydrogens (tertiary/aromatic N) is 4. The minimum atomic E-state index is -0.364. The summed E-state index contributed by atoms with van der Waals surface area (Å²) in [4.78, 5) is 27.6. The summed E-state index contributed by atoms with van der Waals surface area (Å²) in [5, 5.41) is 3.13. The van der Waals surface area contributed by atoms with Crippen LogP contribution in [-0.2, 0) is 4.74 Å². The number of carbonyl (C=O) groups is 1. The Morgan fingerprint density at radius 2 is 2.12 bits per heavy atom. The lowest BCUT2D eigenvalue weighted by Crippen LogP contribution is -2.44. The van der Waals surface area contributed by atoms with E-state index in [1.165, 1.54) is 12.5 Å². The molecule has 3 aromatic heterocycles.